The van der Waals surface area contributed by atoms with Gasteiger partial charge < -0.3 is 9.64 Å². The molecule has 0 spiro atoms. The second kappa shape index (κ2) is 3.97. The van der Waals surface area contributed by atoms with E-state index < -0.39 is 0 Å². The number of ether oxygens (including phenoxy) is 1. The van der Waals surface area contributed by atoms with Crippen LogP contribution in [0.15, 0.2) is 30.9 Å². The van der Waals surface area contributed by atoms with Gasteiger partial charge in [0.2, 0.25) is 0 Å². The number of hydrogen-bond donors (Lipinski definition) is 0. The van der Waals surface area contributed by atoms with Gasteiger partial charge in [0, 0.05) is 24.7 Å². The van der Waals surface area contributed by atoms with Gasteiger partial charge >= 0.3 is 0 Å². The van der Waals surface area contributed by atoms with Crippen molar-refractivity contribution in [1.29, 1.82) is 0 Å². The van der Waals surface area contributed by atoms with E-state index in [1.807, 2.05) is 12.1 Å². The first-order valence-electron chi connectivity index (χ1n) is 5.30. The van der Waals surface area contributed by atoms with E-state index in [4.69, 9.17) is 4.74 Å². The van der Waals surface area contributed by atoms with Gasteiger partial charge in [0.15, 0.2) is 0 Å². The largest absolute Gasteiger partial charge is 0.497 e. The summed E-state index contributed by atoms with van der Waals surface area (Å²) in [6.07, 6.45) is 1.95. The molecule has 0 N–H and O–H groups in total. The van der Waals surface area contributed by atoms with Crippen LogP contribution in [0, 0.1) is 0 Å². The Morgan fingerprint density at radius 2 is 2.40 bits per heavy atom. The van der Waals surface area contributed by atoms with Crippen LogP contribution in [-0.2, 0) is 0 Å². The summed E-state index contributed by atoms with van der Waals surface area (Å²) in [5.41, 5.74) is 2.71. The van der Waals surface area contributed by atoms with Crippen LogP contribution in [0.25, 0.3) is 0 Å². The van der Waals surface area contributed by atoms with E-state index in [2.05, 4.69) is 30.5 Å². The van der Waals surface area contributed by atoms with Crippen molar-refractivity contribution in [2.24, 2.45) is 0 Å². The maximum absolute atomic E-state index is 5.24. The highest BCUT2D eigenvalue weighted by atomic mass is 16.5. The van der Waals surface area contributed by atoms with Crippen LogP contribution in [-0.4, -0.2) is 20.2 Å². The predicted octanol–water partition coefficient (Wildman–Crippen LogP) is 2.80. The first-order chi connectivity index (χ1) is 7.26. The Balaban J connectivity index is 2.36. The molecule has 2 rings (SSSR count). The molecule has 0 aromatic heterocycles. The number of methoxy groups -OCH3 is 1. The predicted molar refractivity (Wildman–Crippen MR) is 63.8 cm³/mol. The van der Waals surface area contributed by atoms with E-state index in [1.54, 1.807) is 7.11 Å². The molecule has 1 aromatic carbocycles. The topological polar surface area (TPSA) is 12.5 Å². The first kappa shape index (κ1) is 10.1. The fourth-order valence-corrected chi connectivity index (χ4v) is 2.20. The molecular formula is C13H17NO. The van der Waals surface area contributed by atoms with Crippen molar-refractivity contribution in [3.05, 3.63) is 36.4 Å². The number of anilines is 1. The summed E-state index contributed by atoms with van der Waals surface area (Å²) in [5, 5.41) is 0. The molecule has 1 aliphatic rings. The van der Waals surface area contributed by atoms with Gasteiger partial charge in [-0.25, -0.2) is 0 Å². The standard InChI is InChI=1S/C13H17NO/c1-4-7-14-9-10(2)12-8-11(15-3)5-6-13(12)14/h4-6,8,10H,1,7,9H2,2-3H3. The van der Waals surface area contributed by atoms with Gasteiger partial charge in [0.05, 0.1) is 7.11 Å². The fraction of sp³-hybridized carbons (Fsp3) is 0.385. The van der Waals surface area contributed by atoms with Crippen LogP contribution < -0.4 is 9.64 Å². The zero-order chi connectivity index (χ0) is 10.8. The second-order valence-electron chi connectivity index (χ2n) is 4.02. The van der Waals surface area contributed by atoms with Crippen molar-refractivity contribution in [1.82, 2.24) is 0 Å². The van der Waals surface area contributed by atoms with Crippen molar-refractivity contribution in [2.75, 3.05) is 25.1 Å². The molecular weight excluding hydrogens is 186 g/mol. The molecule has 0 aliphatic carbocycles. The Morgan fingerprint density at radius 1 is 1.60 bits per heavy atom. The van der Waals surface area contributed by atoms with E-state index >= 15 is 0 Å². The minimum Gasteiger partial charge on any atom is -0.497 e. The van der Waals surface area contributed by atoms with Crippen molar-refractivity contribution in [2.45, 2.75) is 12.8 Å². The smallest absolute Gasteiger partial charge is 0.119 e. The number of benzene rings is 1. The summed E-state index contributed by atoms with van der Waals surface area (Å²) in [6, 6.07) is 6.30. The SMILES string of the molecule is C=CCN1CC(C)c2cc(OC)ccc21. The van der Waals surface area contributed by atoms with Gasteiger partial charge in [0.1, 0.15) is 5.75 Å². The third-order valence-corrected chi connectivity index (χ3v) is 2.95. The molecule has 0 amide bonds. The number of rotatable bonds is 3. The molecule has 0 radical (unpaired) electrons. The van der Waals surface area contributed by atoms with Gasteiger partial charge in [-0.3, -0.25) is 0 Å². The summed E-state index contributed by atoms with van der Waals surface area (Å²) < 4.78 is 5.24. The highest BCUT2D eigenvalue weighted by Gasteiger charge is 2.24. The van der Waals surface area contributed by atoms with Crippen LogP contribution in [0.2, 0.25) is 0 Å². The Morgan fingerprint density at radius 3 is 3.07 bits per heavy atom. The van der Waals surface area contributed by atoms with Crippen LogP contribution in [0.3, 0.4) is 0 Å². The van der Waals surface area contributed by atoms with Crippen molar-refractivity contribution >= 4 is 5.69 Å². The fourth-order valence-electron chi connectivity index (χ4n) is 2.20. The minimum atomic E-state index is 0.579. The lowest BCUT2D eigenvalue weighted by atomic mass is 10.0. The summed E-state index contributed by atoms with van der Waals surface area (Å²) in [6.45, 7) is 8.04. The van der Waals surface area contributed by atoms with Crippen molar-refractivity contribution in [3.63, 3.8) is 0 Å². The van der Waals surface area contributed by atoms with Crippen LogP contribution in [0.1, 0.15) is 18.4 Å². The van der Waals surface area contributed by atoms with E-state index in [9.17, 15) is 0 Å². The molecule has 15 heavy (non-hydrogen) atoms. The van der Waals surface area contributed by atoms with E-state index in [0.717, 1.165) is 18.8 Å². The molecule has 0 saturated heterocycles. The lowest BCUT2D eigenvalue weighted by molar-refractivity contribution is 0.414. The molecule has 2 nitrogen and oxygen atoms in total. The average molecular weight is 203 g/mol. The summed E-state index contributed by atoms with van der Waals surface area (Å²) in [5.74, 6) is 1.52. The van der Waals surface area contributed by atoms with Crippen molar-refractivity contribution in [3.8, 4) is 5.75 Å². The Labute approximate surface area is 91.2 Å². The van der Waals surface area contributed by atoms with E-state index in [1.165, 1.54) is 11.3 Å². The Kier molecular flexibility index (Phi) is 2.67. The highest BCUT2D eigenvalue weighted by molar-refractivity contribution is 5.62. The van der Waals surface area contributed by atoms with Gasteiger partial charge in [-0.05, 0) is 23.8 Å². The molecule has 1 unspecified atom stereocenters. The lowest BCUT2D eigenvalue weighted by Gasteiger charge is -2.17. The van der Waals surface area contributed by atoms with Crippen LogP contribution >= 0.6 is 0 Å². The normalized spacial score (nSPS) is 18.8. The third-order valence-electron chi connectivity index (χ3n) is 2.95. The maximum atomic E-state index is 5.24. The summed E-state index contributed by atoms with van der Waals surface area (Å²) in [4.78, 5) is 2.35. The summed E-state index contributed by atoms with van der Waals surface area (Å²) >= 11 is 0. The lowest BCUT2D eigenvalue weighted by Crippen LogP contribution is -2.20. The number of fused-ring (bicyclic) bond motifs is 1. The number of hydrogen-bond acceptors (Lipinski definition) is 2. The quantitative estimate of drug-likeness (QED) is 0.700. The zero-order valence-corrected chi connectivity index (χ0v) is 9.36. The number of nitrogens with zero attached hydrogens (tertiary/aromatic N) is 1. The maximum Gasteiger partial charge on any atom is 0.119 e. The summed E-state index contributed by atoms with van der Waals surface area (Å²) in [7, 11) is 1.71. The molecule has 0 saturated carbocycles. The monoisotopic (exact) mass is 203 g/mol. The molecule has 80 valence electrons. The Bertz CT molecular complexity index is 373. The molecule has 1 aromatic rings. The molecule has 0 bridgehead atoms. The molecule has 1 aliphatic heterocycles. The third kappa shape index (κ3) is 1.72. The first-order valence-corrected chi connectivity index (χ1v) is 5.30. The zero-order valence-electron chi connectivity index (χ0n) is 9.36. The average Bonchev–Trinajstić information content (AvgIpc) is 2.56. The molecule has 2 heteroatoms. The van der Waals surface area contributed by atoms with Crippen LogP contribution in [0.4, 0.5) is 5.69 Å². The van der Waals surface area contributed by atoms with Crippen molar-refractivity contribution < 1.29 is 4.74 Å². The Hall–Kier alpha value is -1.44. The molecule has 1 heterocycles. The van der Waals surface area contributed by atoms with Gasteiger partial charge in [-0.2, -0.15) is 0 Å². The van der Waals surface area contributed by atoms with E-state index in [-0.39, 0.29) is 0 Å². The van der Waals surface area contributed by atoms with Crippen LogP contribution in [0.5, 0.6) is 5.75 Å². The second-order valence-corrected chi connectivity index (χ2v) is 4.02. The van der Waals surface area contributed by atoms with Gasteiger partial charge in [-0.1, -0.05) is 13.0 Å². The minimum absolute atomic E-state index is 0.579. The molecule has 0 fully saturated rings. The molecule has 1 atom stereocenters. The van der Waals surface area contributed by atoms with E-state index in [0.29, 0.717) is 5.92 Å². The highest BCUT2D eigenvalue weighted by Crippen LogP contribution is 2.37. The van der Waals surface area contributed by atoms with Gasteiger partial charge in [0.25, 0.3) is 0 Å². The van der Waals surface area contributed by atoms with Gasteiger partial charge in [-0.15, -0.1) is 6.58 Å².